The number of alkyl halides is 2. The van der Waals surface area contributed by atoms with Crippen molar-refractivity contribution in [3.05, 3.63) is 0 Å². The van der Waals surface area contributed by atoms with Crippen molar-refractivity contribution in [2.75, 3.05) is 13.1 Å². The van der Waals surface area contributed by atoms with Crippen LogP contribution in [0.5, 0.6) is 0 Å². The molecule has 0 bridgehead atoms. The lowest BCUT2D eigenvalue weighted by atomic mass is 9.94. The normalized spacial score (nSPS) is 39.0. The average molecular weight is 277 g/mol. The standard InChI is InChI=1S/C6H10F2INO/c1-5(11)2-6(7,8)4-10(9)3-5/h11H,2-4H2,1H3. The predicted molar refractivity (Wildman–Crippen MR) is 45.8 cm³/mol. The largest absolute Gasteiger partial charge is 0.389 e. The average Bonchev–Trinajstić information content (AvgIpc) is 1.49. The number of hydrogen-bond acceptors (Lipinski definition) is 2. The fourth-order valence-corrected chi connectivity index (χ4v) is 2.58. The number of aliphatic hydroxyl groups is 1. The quantitative estimate of drug-likeness (QED) is 0.535. The van der Waals surface area contributed by atoms with Crippen LogP contribution in [0.4, 0.5) is 8.78 Å². The van der Waals surface area contributed by atoms with Gasteiger partial charge in [-0.25, -0.2) is 11.9 Å². The minimum atomic E-state index is -2.75. The molecule has 2 nitrogen and oxygen atoms in total. The maximum absolute atomic E-state index is 12.7. The van der Waals surface area contributed by atoms with Crippen LogP contribution in [0.2, 0.25) is 0 Å². The Morgan fingerprint density at radius 3 is 2.36 bits per heavy atom. The van der Waals surface area contributed by atoms with E-state index in [1.165, 1.54) is 10.0 Å². The summed E-state index contributed by atoms with van der Waals surface area (Å²) < 4.78 is 26.9. The fraction of sp³-hybridized carbons (Fsp3) is 1.00. The second kappa shape index (κ2) is 2.77. The fourth-order valence-electron chi connectivity index (χ4n) is 1.35. The number of hydrogen-bond donors (Lipinski definition) is 1. The van der Waals surface area contributed by atoms with E-state index in [1.54, 1.807) is 22.9 Å². The van der Waals surface area contributed by atoms with E-state index >= 15 is 0 Å². The molecule has 1 heterocycles. The van der Waals surface area contributed by atoms with Crippen LogP contribution in [0, 0.1) is 0 Å². The Morgan fingerprint density at radius 1 is 1.45 bits per heavy atom. The summed E-state index contributed by atoms with van der Waals surface area (Å²) in [5.41, 5.74) is -1.25. The van der Waals surface area contributed by atoms with Crippen LogP contribution >= 0.6 is 22.9 Å². The first kappa shape index (κ1) is 9.60. The predicted octanol–water partition coefficient (Wildman–Crippen LogP) is 1.43. The van der Waals surface area contributed by atoms with Crippen molar-refractivity contribution in [2.45, 2.75) is 24.9 Å². The first-order valence-electron chi connectivity index (χ1n) is 3.32. The van der Waals surface area contributed by atoms with E-state index in [0.29, 0.717) is 6.54 Å². The number of halogens is 3. The highest BCUT2D eigenvalue weighted by atomic mass is 127. The number of piperidine rings is 1. The van der Waals surface area contributed by atoms with Crippen molar-refractivity contribution in [1.82, 2.24) is 3.11 Å². The van der Waals surface area contributed by atoms with Gasteiger partial charge in [0.1, 0.15) is 0 Å². The van der Waals surface area contributed by atoms with Crippen molar-refractivity contribution in [3.8, 4) is 0 Å². The minimum absolute atomic E-state index is 0.260. The molecule has 1 aliphatic rings. The van der Waals surface area contributed by atoms with Crippen molar-refractivity contribution in [3.63, 3.8) is 0 Å². The topological polar surface area (TPSA) is 23.5 Å². The van der Waals surface area contributed by atoms with Gasteiger partial charge < -0.3 is 5.11 Å². The molecule has 0 aromatic heterocycles. The summed E-state index contributed by atoms with van der Waals surface area (Å²) in [6.45, 7) is 1.48. The molecular weight excluding hydrogens is 267 g/mol. The molecule has 66 valence electrons. The summed E-state index contributed by atoms with van der Waals surface area (Å²) in [7, 11) is 0. The third kappa shape index (κ3) is 2.79. The van der Waals surface area contributed by atoms with Gasteiger partial charge in [0.2, 0.25) is 0 Å². The van der Waals surface area contributed by atoms with Crippen LogP contribution in [-0.2, 0) is 0 Å². The van der Waals surface area contributed by atoms with E-state index in [1.807, 2.05) is 0 Å². The first-order valence-corrected chi connectivity index (χ1v) is 4.28. The molecule has 1 atom stereocenters. The SMILES string of the molecule is CC1(O)CN(I)CC(F)(F)C1. The van der Waals surface area contributed by atoms with Crippen LogP contribution in [0.1, 0.15) is 13.3 Å². The molecule has 5 heteroatoms. The van der Waals surface area contributed by atoms with E-state index in [4.69, 9.17) is 0 Å². The third-order valence-corrected chi connectivity index (χ3v) is 2.24. The summed E-state index contributed by atoms with van der Waals surface area (Å²) in [5.74, 6) is -2.75. The molecule has 0 spiro atoms. The highest BCUT2D eigenvalue weighted by Gasteiger charge is 2.44. The van der Waals surface area contributed by atoms with E-state index in [2.05, 4.69) is 0 Å². The second-order valence-electron chi connectivity index (χ2n) is 3.31. The van der Waals surface area contributed by atoms with Gasteiger partial charge in [-0.1, -0.05) is 0 Å². The van der Waals surface area contributed by atoms with Gasteiger partial charge in [-0.15, -0.1) is 0 Å². The molecule has 0 aliphatic carbocycles. The lowest BCUT2D eigenvalue weighted by Crippen LogP contribution is -2.51. The Kier molecular flexibility index (Phi) is 2.42. The van der Waals surface area contributed by atoms with Gasteiger partial charge in [0.05, 0.1) is 12.1 Å². The minimum Gasteiger partial charge on any atom is -0.389 e. The molecule has 0 saturated carbocycles. The summed E-state index contributed by atoms with van der Waals surface area (Å²) in [6, 6.07) is 0. The number of rotatable bonds is 0. The molecule has 0 aromatic carbocycles. The Morgan fingerprint density at radius 2 is 2.00 bits per heavy atom. The molecule has 1 saturated heterocycles. The van der Waals surface area contributed by atoms with Crippen LogP contribution in [-0.4, -0.2) is 32.8 Å². The summed E-state index contributed by atoms with van der Waals surface area (Å²) in [5, 5.41) is 9.35. The Hall–Kier alpha value is 0.510. The van der Waals surface area contributed by atoms with Gasteiger partial charge in [0, 0.05) is 35.8 Å². The van der Waals surface area contributed by atoms with Gasteiger partial charge in [-0.3, -0.25) is 0 Å². The first-order chi connectivity index (χ1) is 4.81. The summed E-state index contributed by atoms with van der Waals surface area (Å²) in [6.07, 6.45) is -0.431. The molecule has 1 fully saturated rings. The smallest absolute Gasteiger partial charge is 0.264 e. The molecule has 11 heavy (non-hydrogen) atoms. The molecule has 0 radical (unpaired) electrons. The van der Waals surface area contributed by atoms with Crippen LogP contribution in [0.25, 0.3) is 0 Å². The van der Waals surface area contributed by atoms with Crippen molar-refractivity contribution in [2.24, 2.45) is 0 Å². The Labute approximate surface area is 78.1 Å². The van der Waals surface area contributed by atoms with Crippen LogP contribution in [0.3, 0.4) is 0 Å². The molecule has 0 aromatic rings. The van der Waals surface area contributed by atoms with Crippen LogP contribution < -0.4 is 0 Å². The van der Waals surface area contributed by atoms with E-state index < -0.39 is 17.9 Å². The zero-order chi connectivity index (χ0) is 8.70. The lowest BCUT2D eigenvalue weighted by Gasteiger charge is -2.37. The Bertz CT molecular complexity index is 147. The van der Waals surface area contributed by atoms with E-state index in [9.17, 15) is 13.9 Å². The number of β-amino-alcohol motifs (C(OH)–C–C–N with tert-alkyl or cyclic N) is 1. The van der Waals surface area contributed by atoms with Crippen molar-refractivity contribution >= 4 is 22.9 Å². The highest BCUT2D eigenvalue weighted by Crippen LogP contribution is 2.33. The summed E-state index contributed by atoms with van der Waals surface area (Å²) in [4.78, 5) is 0. The summed E-state index contributed by atoms with van der Waals surface area (Å²) >= 11 is 1.80. The van der Waals surface area contributed by atoms with Gasteiger partial charge in [0.15, 0.2) is 0 Å². The van der Waals surface area contributed by atoms with Gasteiger partial charge in [-0.05, 0) is 6.92 Å². The van der Waals surface area contributed by atoms with Gasteiger partial charge in [-0.2, -0.15) is 0 Å². The van der Waals surface area contributed by atoms with E-state index in [0.717, 1.165) is 0 Å². The van der Waals surface area contributed by atoms with Gasteiger partial charge >= 0.3 is 0 Å². The number of nitrogens with zero attached hydrogens (tertiary/aromatic N) is 1. The monoisotopic (exact) mass is 277 g/mol. The molecular formula is C6H10F2INO. The molecule has 0 amide bonds. The van der Waals surface area contributed by atoms with Crippen LogP contribution in [0.15, 0.2) is 0 Å². The lowest BCUT2D eigenvalue weighted by molar-refractivity contribution is -0.120. The molecule has 1 aliphatic heterocycles. The Balaban J connectivity index is 2.66. The molecule has 1 N–H and O–H groups in total. The van der Waals surface area contributed by atoms with Crippen molar-refractivity contribution < 1.29 is 13.9 Å². The maximum atomic E-state index is 12.7. The second-order valence-corrected chi connectivity index (χ2v) is 4.67. The van der Waals surface area contributed by atoms with E-state index in [-0.39, 0.29) is 6.54 Å². The van der Waals surface area contributed by atoms with Crippen molar-refractivity contribution in [1.29, 1.82) is 0 Å². The highest BCUT2D eigenvalue weighted by molar-refractivity contribution is 14.1. The zero-order valence-electron chi connectivity index (χ0n) is 6.15. The zero-order valence-corrected chi connectivity index (χ0v) is 8.31. The third-order valence-electron chi connectivity index (χ3n) is 1.55. The maximum Gasteiger partial charge on any atom is 0.264 e. The molecule has 1 rings (SSSR count). The van der Waals surface area contributed by atoms with Gasteiger partial charge in [0.25, 0.3) is 5.92 Å². The molecule has 1 unspecified atom stereocenters.